The molecule has 0 saturated heterocycles. The maximum Gasteiger partial charge on any atom is 0.264 e. The molecule has 0 fully saturated rings. The number of nitrogens with two attached hydrogens (primary N) is 1. The summed E-state index contributed by atoms with van der Waals surface area (Å²) in [5.74, 6) is 0.238. The molecule has 0 aliphatic carbocycles. The lowest BCUT2D eigenvalue weighted by atomic mass is 10.2. The summed E-state index contributed by atoms with van der Waals surface area (Å²) in [6, 6.07) is 8.16. The number of sulfonamides is 1. The molecular weight excluding hydrogens is 330 g/mol. The standard InChI is InChI=1S/C12H12BrN3O2S/c1-8-6-12(15-7-10(8)14)16-19(17,18)11-5-3-2-4-9(11)13/h2-7H,14H2,1H3,(H,15,16). The highest BCUT2D eigenvalue weighted by Gasteiger charge is 2.17. The minimum atomic E-state index is -3.67. The Morgan fingerprint density at radius 1 is 1.32 bits per heavy atom. The van der Waals surface area contributed by atoms with Crippen LogP contribution in [0, 0.1) is 6.92 Å². The van der Waals surface area contributed by atoms with Crippen molar-refractivity contribution in [1.82, 2.24) is 4.98 Å². The minimum Gasteiger partial charge on any atom is -0.397 e. The number of hydrogen-bond donors (Lipinski definition) is 2. The molecule has 0 unspecified atom stereocenters. The van der Waals surface area contributed by atoms with E-state index in [1.54, 1.807) is 31.2 Å². The lowest BCUT2D eigenvalue weighted by Gasteiger charge is -2.09. The van der Waals surface area contributed by atoms with E-state index in [1.165, 1.54) is 12.3 Å². The molecule has 0 bridgehead atoms. The third kappa shape index (κ3) is 3.05. The summed E-state index contributed by atoms with van der Waals surface area (Å²) in [5.41, 5.74) is 6.92. The summed E-state index contributed by atoms with van der Waals surface area (Å²) in [5, 5.41) is 0. The van der Waals surface area contributed by atoms with Crippen LogP contribution in [-0.4, -0.2) is 13.4 Å². The van der Waals surface area contributed by atoms with Crippen LogP contribution in [0.15, 0.2) is 45.9 Å². The van der Waals surface area contributed by atoms with E-state index in [2.05, 4.69) is 25.6 Å². The van der Waals surface area contributed by atoms with Gasteiger partial charge in [0.25, 0.3) is 10.0 Å². The Bertz CT molecular complexity index is 717. The van der Waals surface area contributed by atoms with Crippen LogP contribution >= 0.6 is 15.9 Å². The van der Waals surface area contributed by atoms with Gasteiger partial charge in [-0.3, -0.25) is 4.72 Å². The van der Waals surface area contributed by atoms with Gasteiger partial charge in [-0.15, -0.1) is 0 Å². The first-order chi connectivity index (χ1) is 8.90. The van der Waals surface area contributed by atoms with Crippen molar-refractivity contribution >= 4 is 37.5 Å². The van der Waals surface area contributed by atoms with Crippen LogP contribution in [-0.2, 0) is 10.0 Å². The summed E-state index contributed by atoms with van der Waals surface area (Å²) in [4.78, 5) is 4.11. The number of hydrogen-bond acceptors (Lipinski definition) is 4. The maximum absolute atomic E-state index is 12.2. The molecule has 0 aliphatic rings. The fraction of sp³-hybridized carbons (Fsp3) is 0.0833. The van der Waals surface area contributed by atoms with Crippen LogP contribution in [0.1, 0.15) is 5.56 Å². The summed E-state index contributed by atoms with van der Waals surface area (Å²) >= 11 is 3.21. The van der Waals surface area contributed by atoms with Gasteiger partial charge in [0.2, 0.25) is 0 Å². The van der Waals surface area contributed by atoms with Crippen molar-refractivity contribution in [3.63, 3.8) is 0 Å². The molecule has 0 saturated carbocycles. The smallest absolute Gasteiger partial charge is 0.264 e. The third-order valence-electron chi connectivity index (χ3n) is 2.52. The van der Waals surface area contributed by atoms with Crippen molar-refractivity contribution in [2.24, 2.45) is 0 Å². The number of benzene rings is 1. The number of halogens is 1. The van der Waals surface area contributed by atoms with Crippen molar-refractivity contribution < 1.29 is 8.42 Å². The van der Waals surface area contributed by atoms with Gasteiger partial charge < -0.3 is 5.73 Å². The van der Waals surface area contributed by atoms with E-state index in [9.17, 15) is 8.42 Å². The van der Waals surface area contributed by atoms with Crippen LogP contribution in [0.25, 0.3) is 0 Å². The first-order valence-electron chi connectivity index (χ1n) is 5.39. The molecule has 0 radical (unpaired) electrons. The SMILES string of the molecule is Cc1cc(NS(=O)(=O)c2ccccc2Br)ncc1N. The van der Waals surface area contributed by atoms with E-state index >= 15 is 0 Å². The Morgan fingerprint density at radius 3 is 2.63 bits per heavy atom. The number of pyridine rings is 1. The Hall–Kier alpha value is -1.60. The highest BCUT2D eigenvalue weighted by atomic mass is 79.9. The quantitative estimate of drug-likeness (QED) is 0.898. The Morgan fingerprint density at radius 2 is 2.00 bits per heavy atom. The molecule has 2 aromatic rings. The van der Waals surface area contributed by atoms with Crippen molar-refractivity contribution in [2.45, 2.75) is 11.8 Å². The molecule has 2 rings (SSSR count). The van der Waals surface area contributed by atoms with Gasteiger partial charge in [-0.05, 0) is 46.6 Å². The summed E-state index contributed by atoms with van der Waals surface area (Å²) < 4.78 is 27.3. The predicted molar refractivity (Wildman–Crippen MR) is 78.3 cm³/mol. The van der Waals surface area contributed by atoms with E-state index < -0.39 is 10.0 Å². The zero-order valence-electron chi connectivity index (χ0n) is 10.1. The number of nitrogens with one attached hydrogen (secondary N) is 1. The van der Waals surface area contributed by atoms with E-state index in [0.29, 0.717) is 10.2 Å². The van der Waals surface area contributed by atoms with Crippen molar-refractivity contribution in [3.05, 3.63) is 46.6 Å². The second kappa shape index (κ2) is 5.18. The topological polar surface area (TPSA) is 85.1 Å². The summed E-state index contributed by atoms with van der Waals surface area (Å²) in [6.07, 6.45) is 1.42. The highest BCUT2D eigenvalue weighted by molar-refractivity contribution is 9.10. The number of aryl methyl sites for hydroxylation is 1. The van der Waals surface area contributed by atoms with Gasteiger partial charge in [-0.1, -0.05) is 12.1 Å². The molecular formula is C12H12BrN3O2S. The number of nitrogen functional groups attached to an aromatic ring is 1. The normalized spacial score (nSPS) is 11.3. The molecule has 1 aromatic heterocycles. The third-order valence-corrected chi connectivity index (χ3v) is 4.88. The molecule has 100 valence electrons. The first kappa shape index (κ1) is 13.8. The van der Waals surface area contributed by atoms with Crippen LogP contribution < -0.4 is 10.5 Å². The number of anilines is 2. The van der Waals surface area contributed by atoms with Gasteiger partial charge in [0.15, 0.2) is 0 Å². The summed E-state index contributed by atoms with van der Waals surface area (Å²) in [6.45, 7) is 1.78. The molecule has 1 aromatic carbocycles. The van der Waals surface area contributed by atoms with E-state index in [1.807, 2.05) is 0 Å². The van der Waals surface area contributed by atoms with Crippen LogP contribution in [0.3, 0.4) is 0 Å². The Balaban J connectivity index is 2.37. The molecule has 7 heteroatoms. The molecule has 0 spiro atoms. The van der Waals surface area contributed by atoms with E-state index in [4.69, 9.17) is 5.73 Å². The second-order valence-electron chi connectivity index (χ2n) is 3.96. The minimum absolute atomic E-state index is 0.159. The van der Waals surface area contributed by atoms with Gasteiger partial charge in [-0.25, -0.2) is 13.4 Å². The molecule has 5 nitrogen and oxygen atoms in total. The number of nitrogens with zero attached hydrogens (tertiary/aromatic N) is 1. The average molecular weight is 342 g/mol. The average Bonchev–Trinajstić information content (AvgIpc) is 2.34. The Labute approximate surface area is 120 Å². The summed E-state index contributed by atoms with van der Waals surface area (Å²) in [7, 11) is -3.67. The van der Waals surface area contributed by atoms with Crippen molar-refractivity contribution in [3.8, 4) is 0 Å². The fourth-order valence-corrected chi connectivity index (χ4v) is 3.48. The van der Waals surface area contributed by atoms with E-state index in [-0.39, 0.29) is 10.7 Å². The highest BCUT2D eigenvalue weighted by Crippen LogP contribution is 2.23. The molecule has 0 atom stereocenters. The number of rotatable bonds is 3. The lowest BCUT2D eigenvalue weighted by molar-refractivity contribution is 0.600. The second-order valence-corrected chi connectivity index (χ2v) is 6.47. The first-order valence-corrected chi connectivity index (χ1v) is 7.67. The fourth-order valence-electron chi connectivity index (χ4n) is 1.48. The van der Waals surface area contributed by atoms with Crippen LogP contribution in [0.4, 0.5) is 11.5 Å². The zero-order chi connectivity index (χ0) is 14.0. The van der Waals surface area contributed by atoms with Gasteiger partial charge in [-0.2, -0.15) is 0 Å². The van der Waals surface area contributed by atoms with Gasteiger partial charge >= 0.3 is 0 Å². The molecule has 19 heavy (non-hydrogen) atoms. The number of aromatic nitrogens is 1. The van der Waals surface area contributed by atoms with Gasteiger partial charge in [0, 0.05) is 4.47 Å². The van der Waals surface area contributed by atoms with E-state index in [0.717, 1.165) is 5.56 Å². The molecule has 3 N–H and O–H groups in total. The van der Waals surface area contributed by atoms with Crippen molar-refractivity contribution in [1.29, 1.82) is 0 Å². The predicted octanol–water partition coefficient (Wildman–Crippen LogP) is 2.54. The maximum atomic E-state index is 12.2. The van der Waals surface area contributed by atoms with Gasteiger partial charge in [0.1, 0.15) is 10.7 Å². The van der Waals surface area contributed by atoms with Crippen molar-refractivity contribution in [2.75, 3.05) is 10.5 Å². The zero-order valence-corrected chi connectivity index (χ0v) is 12.5. The molecule has 0 aliphatic heterocycles. The molecule has 1 heterocycles. The lowest BCUT2D eigenvalue weighted by Crippen LogP contribution is -2.14. The Kier molecular flexibility index (Phi) is 3.77. The van der Waals surface area contributed by atoms with Crippen LogP contribution in [0.2, 0.25) is 0 Å². The largest absolute Gasteiger partial charge is 0.397 e. The van der Waals surface area contributed by atoms with Gasteiger partial charge in [0.05, 0.1) is 11.9 Å². The van der Waals surface area contributed by atoms with Crippen LogP contribution in [0.5, 0.6) is 0 Å². The molecule has 0 amide bonds. The monoisotopic (exact) mass is 341 g/mol.